The molecule has 0 spiro atoms. The summed E-state index contributed by atoms with van der Waals surface area (Å²) in [5, 5.41) is 11.4. The molecule has 2 heterocycles. The van der Waals surface area contributed by atoms with Crippen LogP contribution >= 0.6 is 11.3 Å². The number of alkyl halides is 3. The highest BCUT2D eigenvalue weighted by Crippen LogP contribution is 2.32. The summed E-state index contributed by atoms with van der Waals surface area (Å²) in [5.74, 6) is -0.612. The van der Waals surface area contributed by atoms with Crippen LogP contribution in [0.1, 0.15) is 48.6 Å². The average molecular weight is 354 g/mol. The van der Waals surface area contributed by atoms with Crippen molar-refractivity contribution in [2.75, 3.05) is 0 Å². The Morgan fingerprint density at radius 3 is 2.33 bits per heavy atom. The molecule has 2 aromatic heterocycles. The Kier molecular flexibility index (Phi) is 4.33. The summed E-state index contributed by atoms with van der Waals surface area (Å²) < 4.78 is 39.4. The number of aromatic nitrogens is 4. The number of hydrogen-bond donors (Lipinski definition) is 0. The Bertz CT molecular complexity index is 833. The van der Waals surface area contributed by atoms with E-state index in [1.54, 1.807) is 0 Å². The Balaban J connectivity index is 1.88. The highest BCUT2D eigenvalue weighted by atomic mass is 32.1. The quantitative estimate of drug-likeness (QED) is 0.690. The van der Waals surface area contributed by atoms with Gasteiger partial charge in [0, 0.05) is 5.92 Å². The third-order valence-electron chi connectivity index (χ3n) is 3.75. The highest BCUT2D eigenvalue weighted by Gasteiger charge is 2.38. The molecule has 0 saturated heterocycles. The predicted octanol–water partition coefficient (Wildman–Crippen LogP) is 4.55. The molecule has 0 aliphatic carbocycles. The number of hydrogen-bond acceptors (Lipinski definition) is 4. The maximum atomic E-state index is 12.9. The molecule has 0 amide bonds. The van der Waals surface area contributed by atoms with Gasteiger partial charge < -0.3 is 0 Å². The lowest BCUT2D eigenvalue weighted by molar-refractivity contribution is -0.146. The largest absolute Gasteiger partial charge is 0.453 e. The van der Waals surface area contributed by atoms with Crippen molar-refractivity contribution in [3.8, 4) is 0 Å². The van der Waals surface area contributed by atoms with Gasteiger partial charge >= 0.3 is 6.18 Å². The first-order valence-electron chi connectivity index (χ1n) is 7.64. The lowest BCUT2D eigenvalue weighted by Gasteiger charge is -2.10. The van der Waals surface area contributed by atoms with Gasteiger partial charge in [0.05, 0.1) is 0 Å². The van der Waals surface area contributed by atoms with E-state index in [1.165, 1.54) is 5.56 Å². The Hall–Kier alpha value is -1.96. The highest BCUT2D eigenvalue weighted by molar-refractivity contribution is 7.16. The van der Waals surface area contributed by atoms with Crippen molar-refractivity contribution >= 4 is 16.3 Å². The maximum absolute atomic E-state index is 12.9. The van der Waals surface area contributed by atoms with Gasteiger partial charge in [-0.15, -0.1) is 10.2 Å². The van der Waals surface area contributed by atoms with Gasteiger partial charge in [-0.3, -0.25) is 0 Å². The number of nitrogens with zero attached hydrogens (tertiary/aromatic N) is 4. The monoisotopic (exact) mass is 354 g/mol. The first kappa shape index (κ1) is 16.9. The van der Waals surface area contributed by atoms with Crippen molar-refractivity contribution in [1.29, 1.82) is 0 Å². The molecular formula is C16H17F3N4S. The normalized spacial score (nSPS) is 13.8. The summed E-state index contributed by atoms with van der Waals surface area (Å²) in [5.41, 5.74) is 2.26. The van der Waals surface area contributed by atoms with E-state index in [2.05, 4.69) is 41.3 Å². The first-order chi connectivity index (χ1) is 11.3. The lowest BCUT2D eigenvalue weighted by Crippen LogP contribution is -2.12. The zero-order valence-electron chi connectivity index (χ0n) is 13.5. The van der Waals surface area contributed by atoms with Crippen LogP contribution in [0.25, 0.3) is 4.96 Å². The topological polar surface area (TPSA) is 43.1 Å². The van der Waals surface area contributed by atoms with Gasteiger partial charge in [0.1, 0.15) is 5.01 Å². The van der Waals surface area contributed by atoms with Crippen LogP contribution < -0.4 is 0 Å². The van der Waals surface area contributed by atoms with Gasteiger partial charge in [-0.05, 0) is 23.5 Å². The summed E-state index contributed by atoms with van der Waals surface area (Å²) >= 11 is 1.13. The van der Waals surface area contributed by atoms with Crippen molar-refractivity contribution in [1.82, 2.24) is 19.8 Å². The van der Waals surface area contributed by atoms with E-state index in [0.717, 1.165) is 27.8 Å². The predicted molar refractivity (Wildman–Crippen MR) is 86.2 cm³/mol. The first-order valence-corrected chi connectivity index (χ1v) is 8.45. The molecular weight excluding hydrogens is 337 g/mol. The van der Waals surface area contributed by atoms with Crippen LogP contribution in [0, 0.1) is 5.92 Å². The molecule has 8 heteroatoms. The lowest BCUT2D eigenvalue weighted by atomic mass is 9.97. The van der Waals surface area contributed by atoms with Gasteiger partial charge in [-0.25, -0.2) is 0 Å². The third-order valence-corrected chi connectivity index (χ3v) is 4.84. The molecule has 0 aliphatic heterocycles. The fourth-order valence-corrected chi connectivity index (χ4v) is 3.46. The second-order valence-electron chi connectivity index (χ2n) is 6.22. The molecule has 0 fully saturated rings. The molecule has 1 atom stereocenters. The van der Waals surface area contributed by atoms with E-state index < -0.39 is 12.0 Å². The van der Waals surface area contributed by atoms with Crippen LogP contribution in [0.2, 0.25) is 0 Å². The van der Waals surface area contributed by atoms with E-state index in [0.29, 0.717) is 10.9 Å². The second kappa shape index (κ2) is 6.16. The minimum absolute atomic E-state index is 0.106. The maximum Gasteiger partial charge on any atom is 0.453 e. The van der Waals surface area contributed by atoms with Crippen molar-refractivity contribution in [2.45, 2.75) is 39.3 Å². The van der Waals surface area contributed by atoms with Gasteiger partial charge in [0.2, 0.25) is 4.96 Å². The van der Waals surface area contributed by atoms with Gasteiger partial charge in [0.25, 0.3) is 5.82 Å². The second-order valence-corrected chi connectivity index (χ2v) is 7.20. The Morgan fingerprint density at radius 2 is 1.75 bits per heavy atom. The van der Waals surface area contributed by atoms with Crippen LogP contribution in [0.4, 0.5) is 13.2 Å². The number of halogens is 3. The van der Waals surface area contributed by atoms with Gasteiger partial charge in [0.15, 0.2) is 0 Å². The summed E-state index contributed by atoms with van der Waals surface area (Å²) in [6, 6.07) is 8.14. The van der Waals surface area contributed by atoms with Crippen molar-refractivity contribution < 1.29 is 13.2 Å². The van der Waals surface area contributed by atoms with Crippen molar-refractivity contribution in [3.63, 3.8) is 0 Å². The minimum atomic E-state index is -4.56. The summed E-state index contributed by atoms with van der Waals surface area (Å²) in [6.07, 6.45) is -3.56. The van der Waals surface area contributed by atoms with Crippen LogP contribution in [0.5, 0.6) is 0 Å². The standard InChI is InChI=1S/C16H17F3N4S/c1-9(2)8-11-4-6-12(7-5-11)10(3)13-22-23-14(16(17,18)19)20-21-15(23)24-13/h4-7,9-10H,8H2,1-3H3/t10-/m0/s1. The molecule has 1 aromatic carbocycles. The van der Waals surface area contributed by atoms with E-state index >= 15 is 0 Å². The van der Waals surface area contributed by atoms with Gasteiger partial charge in [-0.2, -0.15) is 22.8 Å². The molecule has 3 aromatic rings. The fraction of sp³-hybridized carbons (Fsp3) is 0.438. The van der Waals surface area contributed by atoms with Crippen LogP contribution in [0.3, 0.4) is 0 Å². The van der Waals surface area contributed by atoms with Gasteiger partial charge in [-0.1, -0.05) is 56.4 Å². The minimum Gasteiger partial charge on any atom is -0.178 e. The summed E-state index contributed by atoms with van der Waals surface area (Å²) in [4.78, 5) is 0.153. The van der Waals surface area contributed by atoms with E-state index in [1.807, 2.05) is 19.1 Å². The van der Waals surface area contributed by atoms with Crippen LogP contribution in [0.15, 0.2) is 24.3 Å². The molecule has 0 saturated carbocycles. The van der Waals surface area contributed by atoms with Crippen LogP contribution in [-0.4, -0.2) is 19.8 Å². The number of rotatable bonds is 4. The van der Waals surface area contributed by atoms with Crippen molar-refractivity contribution in [2.24, 2.45) is 5.92 Å². The fourth-order valence-electron chi connectivity index (χ4n) is 2.54. The molecule has 0 unspecified atom stereocenters. The van der Waals surface area contributed by atoms with E-state index in [-0.39, 0.29) is 10.9 Å². The number of benzene rings is 1. The smallest absolute Gasteiger partial charge is 0.178 e. The zero-order valence-corrected chi connectivity index (χ0v) is 14.3. The zero-order chi connectivity index (χ0) is 17.5. The molecule has 4 nitrogen and oxygen atoms in total. The van der Waals surface area contributed by atoms with Crippen LogP contribution in [-0.2, 0) is 12.6 Å². The molecule has 128 valence electrons. The third kappa shape index (κ3) is 3.28. The Morgan fingerprint density at radius 1 is 1.08 bits per heavy atom. The Labute approximate surface area is 141 Å². The summed E-state index contributed by atoms with van der Waals surface area (Å²) in [6.45, 7) is 6.25. The molecule has 3 rings (SSSR count). The molecule has 0 radical (unpaired) electrons. The molecule has 0 bridgehead atoms. The average Bonchev–Trinajstić information content (AvgIpc) is 3.05. The van der Waals surface area contributed by atoms with E-state index in [9.17, 15) is 13.2 Å². The molecule has 24 heavy (non-hydrogen) atoms. The van der Waals surface area contributed by atoms with Crippen molar-refractivity contribution in [3.05, 3.63) is 46.2 Å². The molecule has 0 N–H and O–H groups in total. The SMILES string of the molecule is CC(C)Cc1ccc([C@H](C)c2nn3c(C(F)(F)F)nnc3s2)cc1. The number of fused-ring (bicyclic) bond motifs is 1. The molecule has 0 aliphatic rings. The van der Waals surface area contributed by atoms with E-state index in [4.69, 9.17) is 0 Å². The summed E-state index contributed by atoms with van der Waals surface area (Å²) in [7, 11) is 0.